The molecule has 0 bridgehead atoms. The zero-order chi connectivity index (χ0) is 17.6. The molecule has 1 amide bonds. The molecule has 134 valence electrons. The Balaban J connectivity index is 1.41. The Hall–Kier alpha value is -1.86. The first-order valence-electron chi connectivity index (χ1n) is 8.76. The van der Waals surface area contributed by atoms with Crippen molar-refractivity contribution in [3.8, 4) is 0 Å². The van der Waals surface area contributed by atoms with Gasteiger partial charge in [-0.3, -0.25) is 14.8 Å². The summed E-state index contributed by atoms with van der Waals surface area (Å²) in [5.41, 5.74) is 2.85. The van der Waals surface area contributed by atoms with Gasteiger partial charge in [0.25, 0.3) is 0 Å². The minimum Gasteiger partial charge on any atom is -0.352 e. The Morgan fingerprint density at radius 1 is 1.40 bits per heavy atom. The molecule has 0 aliphatic carbocycles. The van der Waals surface area contributed by atoms with Crippen LogP contribution in [0.1, 0.15) is 30.8 Å². The van der Waals surface area contributed by atoms with Gasteiger partial charge in [0.1, 0.15) is 5.82 Å². The Bertz CT molecular complexity index is 717. The molecule has 3 rings (SSSR count). The summed E-state index contributed by atoms with van der Waals surface area (Å²) < 4.78 is 0. The highest BCUT2D eigenvalue weighted by molar-refractivity contribution is 7.99. The second kappa shape index (κ2) is 8.49. The van der Waals surface area contributed by atoms with Crippen LogP contribution in [0.25, 0.3) is 0 Å². The Labute approximate surface area is 152 Å². The molecule has 0 radical (unpaired) electrons. The standard InChI is InChI=1S/C18H25N5OS/c1-3-16-20-18(22-21-16)25-12-17(24)19-13(2)10-23-9-8-14-6-4-5-7-15(14)11-23/h4-7,13H,3,8-12H2,1-2H3,(H,19,24)(H,20,21,22)/t13-/m0/s1. The molecule has 1 aliphatic rings. The summed E-state index contributed by atoms with van der Waals surface area (Å²) in [6.07, 6.45) is 1.90. The molecule has 1 aliphatic heterocycles. The highest BCUT2D eigenvalue weighted by Gasteiger charge is 2.18. The third-order valence-electron chi connectivity index (χ3n) is 4.33. The van der Waals surface area contributed by atoms with Crippen molar-refractivity contribution in [3.63, 3.8) is 0 Å². The largest absolute Gasteiger partial charge is 0.352 e. The topological polar surface area (TPSA) is 73.9 Å². The van der Waals surface area contributed by atoms with E-state index in [9.17, 15) is 4.79 Å². The number of aryl methyl sites for hydroxylation is 1. The van der Waals surface area contributed by atoms with Crippen LogP contribution < -0.4 is 5.32 Å². The van der Waals surface area contributed by atoms with Crippen LogP contribution in [0, 0.1) is 0 Å². The fourth-order valence-electron chi connectivity index (χ4n) is 3.09. The van der Waals surface area contributed by atoms with Crippen molar-refractivity contribution in [1.29, 1.82) is 0 Å². The fourth-order valence-corrected chi connectivity index (χ4v) is 3.72. The molecule has 6 nitrogen and oxygen atoms in total. The van der Waals surface area contributed by atoms with Crippen LogP contribution in [0.15, 0.2) is 29.4 Å². The van der Waals surface area contributed by atoms with Gasteiger partial charge in [0.2, 0.25) is 11.1 Å². The summed E-state index contributed by atoms with van der Waals surface area (Å²) in [6.45, 7) is 6.95. The normalized spacial score (nSPS) is 15.6. The lowest BCUT2D eigenvalue weighted by molar-refractivity contribution is -0.119. The molecular formula is C18H25N5OS. The van der Waals surface area contributed by atoms with E-state index in [1.54, 1.807) is 0 Å². The number of aromatic amines is 1. The van der Waals surface area contributed by atoms with Crippen molar-refractivity contribution < 1.29 is 4.79 Å². The van der Waals surface area contributed by atoms with Crippen LogP contribution in [0.4, 0.5) is 0 Å². The average molecular weight is 359 g/mol. The number of hydrogen-bond donors (Lipinski definition) is 2. The molecule has 1 aromatic carbocycles. The molecule has 25 heavy (non-hydrogen) atoms. The van der Waals surface area contributed by atoms with Gasteiger partial charge in [-0.2, -0.15) is 0 Å². The number of amides is 1. The van der Waals surface area contributed by atoms with Crippen molar-refractivity contribution in [2.24, 2.45) is 0 Å². The number of nitrogens with zero attached hydrogens (tertiary/aromatic N) is 3. The highest BCUT2D eigenvalue weighted by atomic mass is 32.2. The third-order valence-corrected chi connectivity index (χ3v) is 5.17. The smallest absolute Gasteiger partial charge is 0.230 e. The first kappa shape index (κ1) is 17.9. The summed E-state index contributed by atoms with van der Waals surface area (Å²) in [7, 11) is 0. The van der Waals surface area contributed by atoms with E-state index in [4.69, 9.17) is 0 Å². The second-order valence-corrected chi connectivity index (χ2v) is 7.37. The summed E-state index contributed by atoms with van der Waals surface area (Å²) in [5.74, 6) is 1.22. The molecule has 2 heterocycles. The SMILES string of the molecule is CCc1nc(SCC(=O)N[C@@H](C)CN2CCc3ccccc3C2)n[nH]1. The minimum absolute atomic E-state index is 0.0257. The van der Waals surface area contributed by atoms with Gasteiger partial charge in [-0.05, 0) is 24.5 Å². The molecule has 1 atom stereocenters. The van der Waals surface area contributed by atoms with Crippen LogP contribution >= 0.6 is 11.8 Å². The van der Waals surface area contributed by atoms with E-state index in [0.717, 1.165) is 38.3 Å². The Morgan fingerprint density at radius 2 is 2.20 bits per heavy atom. The van der Waals surface area contributed by atoms with Gasteiger partial charge in [-0.15, -0.1) is 5.10 Å². The lowest BCUT2D eigenvalue weighted by Gasteiger charge is -2.31. The second-order valence-electron chi connectivity index (χ2n) is 6.43. The van der Waals surface area contributed by atoms with Gasteiger partial charge in [-0.1, -0.05) is 43.0 Å². The number of hydrogen-bond acceptors (Lipinski definition) is 5. The molecule has 7 heteroatoms. The predicted molar refractivity (Wildman–Crippen MR) is 99.5 cm³/mol. The Kier molecular flexibility index (Phi) is 6.09. The van der Waals surface area contributed by atoms with Gasteiger partial charge < -0.3 is 5.32 Å². The third kappa shape index (κ3) is 5.06. The maximum Gasteiger partial charge on any atom is 0.230 e. The van der Waals surface area contributed by atoms with Gasteiger partial charge in [0.15, 0.2) is 0 Å². The number of nitrogens with one attached hydrogen (secondary N) is 2. The molecule has 2 aromatic rings. The summed E-state index contributed by atoms with van der Waals surface area (Å²) in [4.78, 5) is 18.8. The molecule has 0 saturated carbocycles. The van der Waals surface area contributed by atoms with E-state index in [1.807, 2.05) is 6.92 Å². The van der Waals surface area contributed by atoms with Crippen molar-refractivity contribution >= 4 is 17.7 Å². The van der Waals surface area contributed by atoms with Crippen LogP contribution in [0.2, 0.25) is 0 Å². The van der Waals surface area contributed by atoms with E-state index >= 15 is 0 Å². The molecule has 0 fully saturated rings. The lowest BCUT2D eigenvalue weighted by Crippen LogP contribution is -2.44. The van der Waals surface area contributed by atoms with Gasteiger partial charge in [0, 0.05) is 32.1 Å². The molecule has 0 saturated heterocycles. The van der Waals surface area contributed by atoms with Crippen LogP contribution in [-0.4, -0.2) is 50.9 Å². The molecule has 0 unspecified atom stereocenters. The van der Waals surface area contributed by atoms with Crippen LogP contribution in [-0.2, 0) is 24.2 Å². The van der Waals surface area contributed by atoms with Crippen molar-refractivity contribution in [2.45, 2.75) is 44.4 Å². The van der Waals surface area contributed by atoms with Crippen molar-refractivity contribution in [2.75, 3.05) is 18.8 Å². The maximum atomic E-state index is 12.1. The van der Waals surface area contributed by atoms with Crippen molar-refractivity contribution in [3.05, 3.63) is 41.2 Å². The maximum absolute atomic E-state index is 12.1. The number of rotatable bonds is 7. The monoisotopic (exact) mass is 359 g/mol. The van der Waals surface area contributed by atoms with Crippen molar-refractivity contribution in [1.82, 2.24) is 25.4 Å². The predicted octanol–water partition coefficient (Wildman–Crippen LogP) is 2.02. The number of H-pyrrole nitrogens is 1. The van der Waals surface area contributed by atoms with E-state index in [0.29, 0.717) is 10.9 Å². The number of fused-ring (bicyclic) bond motifs is 1. The van der Waals surface area contributed by atoms with E-state index < -0.39 is 0 Å². The Morgan fingerprint density at radius 3 is 2.96 bits per heavy atom. The molecule has 2 N–H and O–H groups in total. The summed E-state index contributed by atoms with van der Waals surface area (Å²) >= 11 is 1.36. The number of benzene rings is 1. The first-order chi connectivity index (χ1) is 12.1. The van der Waals surface area contributed by atoms with Gasteiger partial charge in [0.05, 0.1) is 5.75 Å². The average Bonchev–Trinajstić information content (AvgIpc) is 3.08. The number of aromatic nitrogens is 3. The summed E-state index contributed by atoms with van der Waals surface area (Å²) in [6, 6.07) is 8.73. The fraction of sp³-hybridized carbons (Fsp3) is 0.500. The first-order valence-corrected chi connectivity index (χ1v) is 9.75. The van der Waals surface area contributed by atoms with E-state index in [2.05, 4.69) is 56.6 Å². The number of carbonyl (C=O) groups excluding carboxylic acids is 1. The van der Waals surface area contributed by atoms with Crippen LogP contribution in [0.5, 0.6) is 0 Å². The van der Waals surface area contributed by atoms with Crippen LogP contribution in [0.3, 0.4) is 0 Å². The molecular weight excluding hydrogens is 334 g/mol. The number of thioether (sulfide) groups is 1. The summed E-state index contributed by atoms with van der Waals surface area (Å²) in [5, 5.41) is 10.7. The van der Waals surface area contributed by atoms with E-state index in [1.165, 1.54) is 22.9 Å². The zero-order valence-electron chi connectivity index (χ0n) is 14.8. The zero-order valence-corrected chi connectivity index (χ0v) is 15.6. The van der Waals surface area contributed by atoms with Gasteiger partial charge in [-0.25, -0.2) is 4.98 Å². The molecule has 1 aromatic heterocycles. The minimum atomic E-state index is 0.0257. The highest BCUT2D eigenvalue weighted by Crippen LogP contribution is 2.18. The quantitative estimate of drug-likeness (QED) is 0.740. The molecule has 0 spiro atoms. The van der Waals surface area contributed by atoms with E-state index in [-0.39, 0.29) is 11.9 Å². The van der Waals surface area contributed by atoms with Gasteiger partial charge >= 0.3 is 0 Å². The lowest BCUT2D eigenvalue weighted by atomic mass is 10.00. The number of carbonyl (C=O) groups is 1.